The summed E-state index contributed by atoms with van der Waals surface area (Å²) in [5, 5.41) is 12.8. The Balaban J connectivity index is 2.72. The molecule has 4 heteroatoms. The molecule has 0 spiro atoms. The molecule has 0 saturated heterocycles. The minimum atomic E-state index is -1.62. The molecule has 1 heterocycles. The first-order valence-corrected chi connectivity index (χ1v) is 8.47. The second-order valence-electron chi connectivity index (χ2n) is 3.80. The minimum Gasteiger partial charge on any atom is -0.399 e. The van der Waals surface area contributed by atoms with Crippen LogP contribution in [0.3, 0.4) is 0 Å². The van der Waals surface area contributed by atoms with Crippen molar-refractivity contribution >= 4 is 19.7 Å². The second kappa shape index (κ2) is 4.05. The summed E-state index contributed by atoms with van der Waals surface area (Å²) in [6, 6.07) is 4.12. The van der Waals surface area contributed by atoms with E-state index < -0.39 is 8.32 Å². The lowest BCUT2D eigenvalue weighted by Crippen LogP contribution is -2.27. The van der Waals surface area contributed by atoms with Crippen molar-refractivity contribution < 1.29 is 4.43 Å². The quantitative estimate of drug-likeness (QED) is 0.719. The number of nitriles is 1. The molecule has 0 N–H and O–H groups in total. The molecule has 13 heavy (non-hydrogen) atoms. The molecule has 1 aromatic rings. The van der Waals surface area contributed by atoms with Crippen LogP contribution in [0.5, 0.6) is 0 Å². The smallest absolute Gasteiger partial charge is 0.186 e. The first-order chi connectivity index (χ1) is 6.03. The van der Waals surface area contributed by atoms with E-state index >= 15 is 0 Å². The predicted molar refractivity (Wildman–Crippen MR) is 57.1 cm³/mol. The SMILES string of the molecule is C[Si](C)(C)O[C@H](C#N)c1ccsc1. The lowest BCUT2D eigenvalue weighted by atomic mass is 10.2. The Morgan fingerprint density at radius 3 is 2.62 bits per heavy atom. The molecule has 70 valence electrons. The molecule has 1 rings (SSSR count). The summed E-state index contributed by atoms with van der Waals surface area (Å²) in [7, 11) is -1.62. The van der Waals surface area contributed by atoms with Crippen LogP contribution in [0.4, 0.5) is 0 Å². The highest BCUT2D eigenvalue weighted by molar-refractivity contribution is 7.08. The molecule has 0 saturated carbocycles. The second-order valence-corrected chi connectivity index (χ2v) is 9.04. The van der Waals surface area contributed by atoms with E-state index in [0.717, 1.165) is 5.56 Å². The third kappa shape index (κ3) is 3.31. The number of thiophene rings is 1. The van der Waals surface area contributed by atoms with E-state index in [1.807, 2.05) is 16.8 Å². The highest BCUT2D eigenvalue weighted by Crippen LogP contribution is 2.23. The summed E-state index contributed by atoms with van der Waals surface area (Å²) in [5.74, 6) is 0. The standard InChI is InChI=1S/C9H13NOSSi/c1-13(2,3)11-9(6-10)8-4-5-12-7-8/h4-5,7,9H,1-3H3/t9-/m1/s1. The fourth-order valence-corrected chi connectivity index (χ4v) is 2.52. The average molecular weight is 211 g/mol. The van der Waals surface area contributed by atoms with E-state index in [2.05, 4.69) is 25.7 Å². The van der Waals surface area contributed by atoms with Gasteiger partial charge in [-0.15, -0.1) is 0 Å². The van der Waals surface area contributed by atoms with Gasteiger partial charge < -0.3 is 4.43 Å². The van der Waals surface area contributed by atoms with Crippen molar-refractivity contribution in [2.24, 2.45) is 0 Å². The molecule has 0 fully saturated rings. The van der Waals surface area contributed by atoms with Crippen molar-refractivity contribution in [3.63, 3.8) is 0 Å². The Morgan fingerprint density at radius 1 is 1.54 bits per heavy atom. The van der Waals surface area contributed by atoms with Gasteiger partial charge in [0.05, 0.1) is 6.07 Å². The van der Waals surface area contributed by atoms with Gasteiger partial charge in [0.2, 0.25) is 0 Å². The third-order valence-electron chi connectivity index (χ3n) is 1.43. The van der Waals surface area contributed by atoms with Crippen molar-refractivity contribution in [3.05, 3.63) is 22.4 Å². The lowest BCUT2D eigenvalue weighted by molar-refractivity contribution is 0.255. The number of nitrogens with zero attached hydrogens (tertiary/aromatic N) is 1. The molecule has 0 amide bonds. The molecule has 1 aromatic heterocycles. The lowest BCUT2D eigenvalue weighted by Gasteiger charge is -2.20. The fourth-order valence-electron chi connectivity index (χ4n) is 0.947. The maximum atomic E-state index is 8.91. The molecule has 0 aromatic carbocycles. The number of hydrogen-bond donors (Lipinski definition) is 0. The fraction of sp³-hybridized carbons (Fsp3) is 0.444. The highest BCUT2D eigenvalue weighted by atomic mass is 32.1. The van der Waals surface area contributed by atoms with Crippen molar-refractivity contribution in [1.82, 2.24) is 0 Å². The summed E-state index contributed by atoms with van der Waals surface area (Å²) in [4.78, 5) is 0. The van der Waals surface area contributed by atoms with E-state index in [-0.39, 0.29) is 6.10 Å². The van der Waals surface area contributed by atoms with Crippen molar-refractivity contribution in [1.29, 1.82) is 5.26 Å². The molecular formula is C9H13NOSSi. The summed E-state index contributed by atoms with van der Waals surface area (Å²) in [5.41, 5.74) is 0.981. The van der Waals surface area contributed by atoms with Crippen LogP contribution in [-0.2, 0) is 4.43 Å². The van der Waals surface area contributed by atoms with Gasteiger partial charge in [0.25, 0.3) is 0 Å². The zero-order valence-corrected chi connectivity index (χ0v) is 9.89. The van der Waals surface area contributed by atoms with Gasteiger partial charge in [0.15, 0.2) is 14.4 Å². The average Bonchev–Trinajstić information content (AvgIpc) is 2.50. The Hall–Kier alpha value is -0.633. The van der Waals surface area contributed by atoms with Crippen LogP contribution in [0.15, 0.2) is 16.8 Å². The predicted octanol–water partition coefficient (Wildman–Crippen LogP) is 3.16. The molecule has 0 aliphatic carbocycles. The normalized spacial score (nSPS) is 13.7. The number of rotatable bonds is 3. The summed E-state index contributed by atoms with van der Waals surface area (Å²) >= 11 is 1.59. The largest absolute Gasteiger partial charge is 0.399 e. The third-order valence-corrected chi connectivity index (χ3v) is 3.08. The molecule has 0 bridgehead atoms. The van der Waals surface area contributed by atoms with Gasteiger partial charge in [0, 0.05) is 5.56 Å². The van der Waals surface area contributed by atoms with Crippen LogP contribution >= 0.6 is 11.3 Å². The van der Waals surface area contributed by atoms with E-state index in [9.17, 15) is 0 Å². The van der Waals surface area contributed by atoms with Gasteiger partial charge in [-0.25, -0.2) is 0 Å². The van der Waals surface area contributed by atoms with Gasteiger partial charge in [-0.3, -0.25) is 0 Å². The zero-order chi connectivity index (χ0) is 9.90. The van der Waals surface area contributed by atoms with Crippen molar-refractivity contribution in [2.75, 3.05) is 0 Å². The minimum absolute atomic E-state index is 0.377. The van der Waals surface area contributed by atoms with Gasteiger partial charge in [-0.2, -0.15) is 16.6 Å². The van der Waals surface area contributed by atoms with Gasteiger partial charge in [0.1, 0.15) is 0 Å². The van der Waals surface area contributed by atoms with E-state index in [1.54, 1.807) is 11.3 Å². The Bertz CT molecular complexity index is 296. The van der Waals surface area contributed by atoms with Crippen LogP contribution in [0.1, 0.15) is 11.7 Å². The van der Waals surface area contributed by atoms with Crippen LogP contribution in [-0.4, -0.2) is 8.32 Å². The molecule has 0 aliphatic heterocycles. The molecule has 2 nitrogen and oxygen atoms in total. The van der Waals surface area contributed by atoms with Gasteiger partial charge in [-0.1, -0.05) is 0 Å². The van der Waals surface area contributed by atoms with Crippen molar-refractivity contribution in [2.45, 2.75) is 25.7 Å². The topological polar surface area (TPSA) is 33.0 Å². The van der Waals surface area contributed by atoms with Crippen molar-refractivity contribution in [3.8, 4) is 6.07 Å². The Morgan fingerprint density at radius 2 is 2.23 bits per heavy atom. The van der Waals surface area contributed by atoms with Crippen LogP contribution in [0.25, 0.3) is 0 Å². The summed E-state index contributed by atoms with van der Waals surface area (Å²) < 4.78 is 5.72. The zero-order valence-electron chi connectivity index (χ0n) is 8.07. The molecule has 1 atom stereocenters. The summed E-state index contributed by atoms with van der Waals surface area (Å²) in [6.45, 7) is 6.26. The monoisotopic (exact) mass is 211 g/mol. The first kappa shape index (κ1) is 10.4. The van der Waals surface area contributed by atoms with Gasteiger partial charge >= 0.3 is 0 Å². The van der Waals surface area contributed by atoms with E-state index in [4.69, 9.17) is 9.69 Å². The maximum absolute atomic E-state index is 8.91. The van der Waals surface area contributed by atoms with Crippen LogP contribution in [0, 0.1) is 11.3 Å². The first-order valence-electron chi connectivity index (χ1n) is 4.12. The molecular weight excluding hydrogens is 198 g/mol. The molecule has 0 aliphatic rings. The van der Waals surface area contributed by atoms with E-state index in [0.29, 0.717) is 0 Å². The maximum Gasteiger partial charge on any atom is 0.186 e. The van der Waals surface area contributed by atoms with E-state index in [1.165, 1.54) is 0 Å². The highest BCUT2D eigenvalue weighted by Gasteiger charge is 2.22. The van der Waals surface area contributed by atoms with Gasteiger partial charge in [-0.05, 0) is 36.5 Å². The van der Waals surface area contributed by atoms with Crippen LogP contribution in [0.2, 0.25) is 19.6 Å². The Kier molecular flexibility index (Phi) is 3.26. The Labute approximate surface area is 83.9 Å². The van der Waals surface area contributed by atoms with Crippen LogP contribution < -0.4 is 0 Å². The molecule has 0 unspecified atom stereocenters. The summed E-state index contributed by atoms with van der Waals surface area (Å²) in [6.07, 6.45) is -0.377. The number of hydrogen-bond acceptors (Lipinski definition) is 3. The molecule has 0 radical (unpaired) electrons.